The minimum atomic E-state index is 0.238. The third-order valence-electron chi connectivity index (χ3n) is 6.70. The molecular formula is C21H30N2O. The predicted molar refractivity (Wildman–Crippen MR) is 96.7 cm³/mol. The molecule has 3 nitrogen and oxygen atoms in total. The van der Waals surface area contributed by atoms with Crippen LogP contribution in [0.25, 0.3) is 0 Å². The van der Waals surface area contributed by atoms with Gasteiger partial charge in [0.05, 0.1) is 6.04 Å². The number of amides is 1. The van der Waals surface area contributed by atoms with Gasteiger partial charge >= 0.3 is 0 Å². The summed E-state index contributed by atoms with van der Waals surface area (Å²) in [6.07, 6.45) is 6.98. The fourth-order valence-electron chi connectivity index (χ4n) is 5.47. The highest BCUT2D eigenvalue weighted by molar-refractivity contribution is 5.74. The zero-order valence-corrected chi connectivity index (χ0v) is 15.1. The van der Waals surface area contributed by atoms with Gasteiger partial charge < -0.3 is 4.90 Å². The minimum Gasteiger partial charge on any atom is -0.335 e. The van der Waals surface area contributed by atoms with E-state index in [4.69, 9.17) is 0 Å². The highest BCUT2D eigenvalue weighted by Gasteiger charge is 2.49. The number of aryl methyl sites for hydroxylation is 1. The molecule has 0 N–H and O–H groups in total. The Bertz CT molecular complexity index is 608. The second kappa shape index (κ2) is 6.51. The van der Waals surface area contributed by atoms with Gasteiger partial charge in [-0.15, -0.1) is 0 Å². The predicted octanol–water partition coefficient (Wildman–Crippen LogP) is 3.78. The smallest absolute Gasteiger partial charge is 0.219 e. The monoisotopic (exact) mass is 326 g/mol. The number of rotatable bonds is 2. The number of hydrogen-bond donors (Lipinski definition) is 0. The first-order valence-corrected chi connectivity index (χ1v) is 9.72. The van der Waals surface area contributed by atoms with E-state index in [1.54, 1.807) is 6.92 Å². The number of nitrogens with zero attached hydrogens (tertiary/aromatic N) is 2. The lowest BCUT2D eigenvalue weighted by Crippen LogP contribution is -2.39. The van der Waals surface area contributed by atoms with Gasteiger partial charge in [0.15, 0.2) is 0 Å². The number of carbonyl (C=O) groups is 1. The van der Waals surface area contributed by atoms with Gasteiger partial charge in [0.2, 0.25) is 5.91 Å². The van der Waals surface area contributed by atoms with Crippen molar-refractivity contribution in [2.24, 2.45) is 11.8 Å². The van der Waals surface area contributed by atoms with E-state index in [1.165, 1.54) is 56.3 Å². The molecule has 24 heavy (non-hydrogen) atoms. The fraction of sp³-hybridized carbons (Fsp3) is 0.667. The van der Waals surface area contributed by atoms with E-state index >= 15 is 0 Å². The summed E-state index contributed by atoms with van der Waals surface area (Å²) in [6, 6.07) is 9.74. The Morgan fingerprint density at radius 1 is 1.04 bits per heavy atom. The zero-order valence-electron chi connectivity index (χ0n) is 15.1. The highest BCUT2D eigenvalue weighted by atomic mass is 16.2. The normalized spacial score (nSPS) is 31.4. The standard InChI is InChI=1S/C21H30N2O/c1-15-8-6-7-11-19(15)21-20-14-22(18-9-4-3-5-10-18)12-17(20)13-23(21)16(2)24/h6-8,11,17-18,20-21H,3-5,9-10,12-14H2,1-2H3/t17-,20-,21-/m1/s1. The van der Waals surface area contributed by atoms with E-state index in [2.05, 4.69) is 41.0 Å². The van der Waals surface area contributed by atoms with Gasteiger partial charge in [0, 0.05) is 38.5 Å². The van der Waals surface area contributed by atoms with Gasteiger partial charge in [0.25, 0.3) is 0 Å². The molecule has 3 aliphatic rings. The molecule has 3 fully saturated rings. The van der Waals surface area contributed by atoms with Crippen LogP contribution in [0.15, 0.2) is 24.3 Å². The number of hydrogen-bond acceptors (Lipinski definition) is 2. The molecule has 2 heterocycles. The van der Waals surface area contributed by atoms with Crippen LogP contribution >= 0.6 is 0 Å². The summed E-state index contributed by atoms with van der Waals surface area (Å²) in [6.45, 7) is 7.25. The molecule has 0 spiro atoms. The first-order valence-electron chi connectivity index (χ1n) is 9.72. The van der Waals surface area contributed by atoms with Crippen molar-refractivity contribution in [1.29, 1.82) is 0 Å². The molecule has 130 valence electrons. The van der Waals surface area contributed by atoms with Crippen molar-refractivity contribution in [3.05, 3.63) is 35.4 Å². The molecule has 0 radical (unpaired) electrons. The van der Waals surface area contributed by atoms with E-state index in [9.17, 15) is 4.79 Å². The van der Waals surface area contributed by atoms with Crippen LogP contribution in [0, 0.1) is 18.8 Å². The first kappa shape index (κ1) is 16.1. The second-order valence-electron chi connectivity index (χ2n) is 8.14. The zero-order chi connectivity index (χ0) is 16.7. The number of benzene rings is 1. The van der Waals surface area contributed by atoms with Crippen LogP contribution in [0.5, 0.6) is 0 Å². The van der Waals surface area contributed by atoms with E-state index in [1.807, 2.05) is 0 Å². The molecule has 0 aromatic heterocycles. The van der Waals surface area contributed by atoms with Gasteiger partial charge in [0.1, 0.15) is 0 Å². The Morgan fingerprint density at radius 3 is 2.50 bits per heavy atom. The molecule has 0 bridgehead atoms. The van der Waals surface area contributed by atoms with Gasteiger partial charge in [-0.3, -0.25) is 9.69 Å². The van der Waals surface area contributed by atoms with Crippen molar-refractivity contribution in [2.45, 2.75) is 58.0 Å². The van der Waals surface area contributed by atoms with Gasteiger partial charge in [-0.2, -0.15) is 0 Å². The maximum Gasteiger partial charge on any atom is 0.219 e. The Kier molecular flexibility index (Phi) is 4.38. The molecule has 2 saturated heterocycles. The summed E-state index contributed by atoms with van der Waals surface area (Å²) in [5, 5.41) is 0. The van der Waals surface area contributed by atoms with Crippen LogP contribution in [-0.2, 0) is 4.79 Å². The molecule has 1 aromatic rings. The van der Waals surface area contributed by atoms with Crippen LogP contribution < -0.4 is 0 Å². The van der Waals surface area contributed by atoms with Crippen LogP contribution in [-0.4, -0.2) is 41.4 Å². The van der Waals surface area contributed by atoms with Crippen LogP contribution in [0.3, 0.4) is 0 Å². The molecule has 1 aromatic carbocycles. The average Bonchev–Trinajstić information content (AvgIpc) is 3.14. The van der Waals surface area contributed by atoms with Crippen molar-refractivity contribution >= 4 is 5.91 Å². The van der Waals surface area contributed by atoms with Gasteiger partial charge in [-0.25, -0.2) is 0 Å². The maximum atomic E-state index is 12.3. The van der Waals surface area contributed by atoms with Crippen LogP contribution in [0.2, 0.25) is 0 Å². The topological polar surface area (TPSA) is 23.6 Å². The summed E-state index contributed by atoms with van der Waals surface area (Å²) in [7, 11) is 0. The van der Waals surface area contributed by atoms with Crippen LogP contribution in [0.4, 0.5) is 0 Å². The molecule has 3 atom stereocenters. The Balaban J connectivity index is 1.59. The van der Waals surface area contributed by atoms with Gasteiger partial charge in [-0.05, 0) is 36.8 Å². The third-order valence-corrected chi connectivity index (χ3v) is 6.70. The lowest BCUT2D eigenvalue weighted by atomic mass is 9.87. The second-order valence-corrected chi connectivity index (χ2v) is 8.14. The minimum absolute atomic E-state index is 0.238. The highest BCUT2D eigenvalue weighted by Crippen LogP contribution is 2.46. The maximum absolute atomic E-state index is 12.3. The molecule has 1 aliphatic carbocycles. The lowest BCUT2D eigenvalue weighted by molar-refractivity contribution is -0.130. The third kappa shape index (κ3) is 2.77. The number of fused-ring (bicyclic) bond motifs is 1. The molecule has 2 aliphatic heterocycles. The van der Waals surface area contributed by atoms with E-state index in [0.29, 0.717) is 11.8 Å². The van der Waals surface area contributed by atoms with Crippen molar-refractivity contribution < 1.29 is 4.79 Å². The summed E-state index contributed by atoms with van der Waals surface area (Å²) < 4.78 is 0. The quantitative estimate of drug-likeness (QED) is 0.826. The summed E-state index contributed by atoms with van der Waals surface area (Å²) in [5.41, 5.74) is 2.69. The lowest BCUT2D eigenvalue weighted by Gasteiger charge is -2.34. The Hall–Kier alpha value is -1.35. The molecule has 1 amide bonds. The first-order chi connectivity index (χ1) is 11.6. The van der Waals surface area contributed by atoms with Crippen molar-refractivity contribution in [2.75, 3.05) is 19.6 Å². The largest absolute Gasteiger partial charge is 0.335 e. The summed E-state index contributed by atoms with van der Waals surface area (Å²) in [4.78, 5) is 17.2. The Morgan fingerprint density at radius 2 is 1.79 bits per heavy atom. The van der Waals surface area contributed by atoms with Crippen molar-refractivity contribution in [1.82, 2.24) is 9.80 Å². The van der Waals surface area contributed by atoms with Crippen LogP contribution in [0.1, 0.15) is 56.2 Å². The number of likely N-dealkylation sites (tertiary alicyclic amines) is 2. The summed E-state index contributed by atoms with van der Waals surface area (Å²) in [5.74, 6) is 1.50. The molecular weight excluding hydrogens is 296 g/mol. The molecule has 1 saturated carbocycles. The van der Waals surface area contributed by atoms with E-state index < -0.39 is 0 Å². The molecule has 3 heteroatoms. The van der Waals surface area contributed by atoms with Gasteiger partial charge in [-0.1, -0.05) is 43.5 Å². The Labute approximate surface area is 146 Å². The number of carbonyl (C=O) groups excluding carboxylic acids is 1. The van der Waals surface area contributed by atoms with Crippen molar-refractivity contribution in [3.8, 4) is 0 Å². The SMILES string of the molecule is CC(=O)N1C[C@H]2CN(C3CCCCC3)C[C@H]2[C@H]1c1ccccc1C. The molecule has 4 rings (SSSR count). The fourth-order valence-corrected chi connectivity index (χ4v) is 5.47. The van der Waals surface area contributed by atoms with E-state index in [0.717, 1.165) is 12.6 Å². The summed E-state index contributed by atoms with van der Waals surface area (Å²) >= 11 is 0. The van der Waals surface area contributed by atoms with Crippen molar-refractivity contribution in [3.63, 3.8) is 0 Å². The average molecular weight is 326 g/mol. The van der Waals surface area contributed by atoms with E-state index in [-0.39, 0.29) is 11.9 Å². The molecule has 0 unspecified atom stereocenters.